The molecule has 0 aliphatic heterocycles. The smallest absolute Gasteiger partial charge is 0.236 e. The van der Waals surface area contributed by atoms with Crippen LogP contribution in [-0.4, -0.2) is 31.4 Å². The van der Waals surface area contributed by atoms with E-state index in [4.69, 9.17) is 11.6 Å². The number of nitrogens with one attached hydrogen (secondary N) is 1. The van der Waals surface area contributed by atoms with Gasteiger partial charge in [-0.1, -0.05) is 23.4 Å². The van der Waals surface area contributed by atoms with Crippen molar-refractivity contribution in [2.24, 2.45) is 0 Å². The highest BCUT2D eigenvalue weighted by molar-refractivity contribution is 7.99. The highest BCUT2D eigenvalue weighted by Crippen LogP contribution is 2.37. The number of aromatic nitrogens is 4. The number of hydrogen-bond donors (Lipinski definition) is 1. The summed E-state index contributed by atoms with van der Waals surface area (Å²) in [4.78, 5) is 17.9. The van der Waals surface area contributed by atoms with Crippen LogP contribution in [-0.2, 0) is 17.6 Å². The minimum absolute atomic E-state index is 0.141. The first-order chi connectivity index (χ1) is 14.0. The summed E-state index contributed by atoms with van der Waals surface area (Å²) in [5, 5.41) is 15.2. The average Bonchev–Trinajstić information content (AvgIpc) is 3.32. The molecule has 1 N–H and O–H groups in total. The summed E-state index contributed by atoms with van der Waals surface area (Å²) in [5.41, 5.74) is 2.63. The highest BCUT2D eigenvalue weighted by atomic mass is 35.5. The fourth-order valence-electron chi connectivity index (χ4n) is 3.46. The van der Waals surface area contributed by atoms with E-state index < -0.39 is 0 Å². The van der Waals surface area contributed by atoms with Crippen LogP contribution in [0, 0.1) is 0 Å². The van der Waals surface area contributed by atoms with Gasteiger partial charge in [0.15, 0.2) is 11.0 Å². The number of amides is 1. The number of aryl methyl sites for hydroxylation is 1. The molecule has 1 aliphatic carbocycles. The van der Waals surface area contributed by atoms with Gasteiger partial charge in [-0.2, -0.15) is 0 Å². The molecule has 3 aromatic heterocycles. The number of nitrogens with zero attached hydrogens (tertiary/aromatic N) is 4. The fraction of sp³-hybridized carbons (Fsp3) is 0.400. The Balaban J connectivity index is 1.50. The molecule has 0 aromatic carbocycles. The van der Waals surface area contributed by atoms with E-state index in [0.717, 1.165) is 23.8 Å². The van der Waals surface area contributed by atoms with Crippen molar-refractivity contribution < 1.29 is 4.79 Å². The third-order valence-corrected chi connectivity index (χ3v) is 7.07. The summed E-state index contributed by atoms with van der Waals surface area (Å²) < 4.78 is 2.13. The molecule has 0 saturated carbocycles. The van der Waals surface area contributed by atoms with Gasteiger partial charge in [0.2, 0.25) is 5.91 Å². The Morgan fingerprint density at radius 1 is 1.31 bits per heavy atom. The molecule has 29 heavy (non-hydrogen) atoms. The molecule has 4 rings (SSSR count). The Hall–Kier alpha value is -1.90. The van der Waals surface area contributed by atoms with Gasteiger partial charge in [-0.3, -0.25) is 9.36 Å². The molecule has 0 radical (unpaired) electrons. The van der Waals surface area contributed by atoms with Crippen LogP contribution in [0.4, 0.5) is 5.82 Å². The third-order valence-electron chi connectivity index (χ3n) is 4.81. The molecule has 0 unspecified atom stereocenters. The van der Waals surface area contributed by atoms with Crippen molar-refractivity contribution in [2.75, 3.05) is 11.1 Å². The predicted molar refractivity (Wildman–Crippen MR) is 119 cm³/mol. The number of carbonyl (C=O) groups is 1. The maximum Gasteiger partial charge on any atom is 0.236 e. The van der Waals surface area contributed by atoms with Crippen LogP contribution in [0.15, 0.2) is 28.9 Å². The van der Waals surface area contributed by atoms with E-state index >= 15 is 0 Å². The van der Waals surface area contributed by atoms with Crippen LogP contribution in [0.5, 0.6) is 0 Å². The molecule has 3 aromatic rings. The second-order valence-corrected chi connectivity index (χ2v) is 9.57. The lowest BCUT2D eigenvalue weighted by atomic mass is 9.95. The molecule has 0 spiro atoms. The van der Waals surface area contributed by atoms with Crippen molar-refractivity contribution in [3.8, 4) is 11.4 Å². The molecule has 152 valence electrons. The van der Waals surface area contributed by atoms with Crippen molar-refractivity contribution >= 4 is 46.4 Å². The van der Waals surface area contributed by atoms with E-state index in [0.29, 0.717) is 10.8 Å². The normalized spacial score (nSPS) is 13.5. The van der Waals surface area contributed by atoms with E-state index in [1.807, 2.05) is 11.3 Å². The number of hydrogen-bond acceptors (Lipinski definition) is 6. The first kappa shape index (κ1) is 20.4. The summed E-state index contributed by atoms with van der Waals surface area (Å²) in [6.45, 7) is 4.24. The van der Waals surface area contributed by atoms with Crippen LogP contribution in [0.2, 0.25) is 5.02 Å². The number of anilines is 1. The van der Waals surface area contributed by atoms with Crippen molar-refractivity contribution in [3.63, 3.8) is 0 Å². The number of thiophene rings is 1. The first-order valence-electron chi connectivity index (χ1n) is 9.61. The lowest BCUT2D eigenvalue weighted by Gasteiger charge is -2.16. The van der Waals surface area contributed by atoms with Crippen LogP contribution < -0.4 is 5.32 Å². The van der Waals surface area contributed by atoms with Crippen LogP contribution in [0.3, 0.4) is 0 Å². The largest absolute Gasteiger partial charge is 0.310 e. The van der Waals surface area contributed by atoms with Gasteiger partial charge >= 0.3 is 0 Å². The number of halogens is 1. The van der Waals surface area contributed by atoms with Crippen molar-refractivity contribution in [3.05, 3.63) is 39.2 Å². The molecule has 1 amide bonds. The molecule has 0 atom stereocenters. The number of thioether (sulfide) groups is 1. The standard InChI is InChI=1S/C20H22ClN5OS2/c1-12(2)26-19(15-10-28-16-6-4-3-5-14(15)16)24-25-20(26)29-11-18(27)23-17-8-7-13(21)9-22-17/h7-10,12H,3-6,11H2,1-2H3,(H,22,23,27). The second-order valence-electron chi connectivity index (χ2n) is 7.23. The fourth-order valence-corrected chi connectivity index (χ4v) is 5.57. The lowest BCUT2D eigenvalue weighted by Crippen LogP contribution is -2.15. The van der Waals surface area contributed by atoms with Crippen LogP contribution in [0.1, 0.15) is 43.2 Å². The molecule has 3 heterocycles. The molecule has 0 bridgehead atoms. The third kappa shape index (κ3) is 4.49. The molecular weight excluding hydrogens is 426 g/mol. The van der Waals surface area contributed by atoms with Gasteiger partial charge in [-0.05, 0) is 57.2 Å². The Bertz CT molecular complexity index is 1010. The maximum absolute atomic E-state index is 12.3. The van der Waals surface area contributed by atoms with E-state index in [1.54, 1.807) is 12.1 Å². The first-order valence-corrected chi connectivity index (χ1v) is 11.9. The predicted octanol–water partition coefficient (Wildman–Crippen LogP) is 5.25. The highest BCUT2D eigenvalue weighted by Gasteiger charge is 2.23. The van der Waals surface area contributed by atoms with Gasteiger partial charge in [-0.25, -0.2) is 4.98 Å². The lowest BCUT2D eigenvalue weighted by molar-refractivity contribution is -0.113. The molecular formula is C20H22ClN5OS2. The summed E-state index contributed by atoms with van der Waals surface area (Å²) >= 11 is 9.05. The zero-order valence-electron chi connectivity index (χ0n) is 16.3. The number of carbonyl (C=O) groups excluding carboxylic acids is 1. The Labute approximate surface area is 183 Å². The number of fused-ring (bicyclic) bond motifs is 1. The van der Waals surface area contributed by atoms with Gasteiger partial charge < -0.3 is 5.32 Å². The molecule has 0 saturated heterocycles. The number of rotatable bonds is 6. The monoisotopic (exact) mass is 447 g/mol. The summed E-state index contributed by atoms with van der Waals surface area (Å²) in [6.07, 6.45) is 6.28. The molecule has 6 nitrogen and oxygen atoms in total. The summed E-state index contributed by atoms with van der Waals surface area (Å²) in [7, 11) is 0. The summed E-state index contributed by atoms with van der Waals surface area (Å²) in [5.74, 6) is 1.48. The van der Waals surface area contributed by atoms with E-state index in [1.165, 1.54) is 46.8 Å². The molecule has 1 aliphatic rings. The zero-order chi connectivity index (χ0) is 20.4. The van der Waals surface area contributed by atoms with E-state index in [2.05, 4.69) is 44.3 Å². The Kier molecular flexibility index (Phi) is 6.22. The van der Waals surface area contributed by atoms with E-state index in [9.17, 15) is 4.79 Å². The average molecular weight is 448 g/mol. The van der Waals surface area contributed by atoms with Crippen LogP contribution >= 0.6 is 34.7 Å². The van der Waals surface area contributed by atoms with Crippen molar-refractivity contribution in [2.45, 2.75) is 50.7 Å². The van der Waals surface area contributed by atoms with Gasteiger partial charge in [0.05, 0.1) is 10.8 Å². The topological polar surface area (TPSA) is 72.7 Å². The quantitative estimate of drug-likeness (QED) is 0.522. The van der Waals surface area contributed by atoms with Gasteiger partial charge in [0, 0.05) is 28.1 Å². The number of pyridine rings is 1. The van der Waals surface area contributed by atoms with Gasteiger partial charge in [0.25, 0.3) is 0 Å². The zero-order valence-corrected chi connectivity index (χ0v) is 18.7. The SMILES string of the molecule is CC(C)n1c(SCC(=O)Nc2ccc(Cl)cn2)nnc1-c1csc2c1CCCC2. The van der Waals surface area contributed by atoms with Crippen molar-refractivity contribution in [1.29, 1.82) is 0 Å². The Morgan fingerprint density at radius 2 is 2.14 bits per heavy atom. The van der Waals surface area contributed by atoms with E-state index in [-0.39, 0.29) is 17.7 Å². The van der Waals surface area contributed by atoms with Gasteiger partial charge in [0.1, 0.15) is 5.82 Å². The van der Waals surface area contributed by atoms with Gasteiger partial charge in [-0.15, -0.1) is 21.5 Å². The summed E-state index contributed by atoms with van der Waals surface area (Å²) in [6, 6.07) is 3.57. The second kappa shape index (κ2) is 8.85. The minimum atomic E-state index is -0.141. The van der Waals surface area contributed by atoms with Crippen LogP contribution in [0.25, 0.3) is 11.4 Å². The maximum atomic E-state index is 12.3. The minimum Gasteiger partial charge on any atom is -0.310 e. The Morgan fingerprint density at radius 3 is 2.90 bits per heavy atom. The molecule has 9 heteroatoms. The van der Waals surface area contributed by atoms with Crippen molar-refractivity contribution in [1.82, 2.24) is 19.7 Å². The molecule has 0 fully saturated rings.